The highest BCUT2D eigenvalue weighted by Crippen LogP contribution is 2.29. The zero-order valence-corrected chi connectivity index (χ0v) is 16.9. The SMILES string of the molecule is O=C(c1c(-c2ccccc2)nnc2ccccc12)N1CCN(c2ccc(F)cc2)CC1. The highest BCUT2D eigenvalue weighted by molar-refractivity contribution is 6.10. The molecule has 0 saturated carbocycles. The summed E-state index contributed by atoms with van der Waals surface area (Å²) >= 11 is 0. The van der Waals surface area contributed by atoms with E-state index in [-0.39, 0.29) is 11.7 Å². The van der Waals surface area contributed by atoms with E-state index in [1.807, 2.05) is 59.5 Å². The molecule has 0 spiro atoms. The molecule has 31 heavy (non-hydrogen) atoms. The van der Waals surface area contributed by atoms with Crippen LogP contribution in [0.2, 0.25) is 0 Å². The van der Waals surface area contributed by atoms with E-state index in [1.54, 1.807) is 12.1 Å². The fraction of sp³-hybridized carbons (Fsp3) is 0.160. The van der Waals surface area contributed by atoms with Crippen molar-refractivity contribution < 1.29 is 9.18 Å². The van der Waals surface area contributed by atoms with Gasteiger partial charge in [0.15, 0.2) is 0 Å². The standard InChI is InChI=1S/C25H21FN4O/c26-19-10-12-20(13-11-19)29-14-16-30(17-15-29)25(31)23-21-8-4-5-9-22(21)27-28-24(23)18-6-2-1-3-7-18/h1-13H,14-17H2. The summed E-state index contributed by atoms with van der Waals surface area (Å²) in [6.45, 7) is 2.55. The Bertz CT molecular complexity index is 1220. The number of rotatable bonds is 3. The Morgan fingerprint density at radius 2 is 1.45 bits per heavy atom. The largest absolute Gasteiger partial charge is 0.368 e. The first-order chi connectivity index (χ1) is 15.2. The smallest absolute Gasteiger partial charge is 0.256 e. The average molecular weight is 412 g/mol. The first kappa shape index (κ1) is 19.2. The van der Waals surface area contributed by atoms with Crippen molar-refractivity contribution >= 4 is 22.5 Å². The Morgan fingerprint density at radius 3 is 2.19 bits per heavy atom. The number of anilines is 1. The molecule has 2 heterocycles. The van der Waals surface area contributed by atoms with E-state index in [0.717, 1.165) is 16.6 Å². The second-order valence-electron chi connectivity index (χ2n) is 7.56. The highest BCUT2D eigenvalue weighted by Gasteiger charge is 2.27. The number of aromatic nitrogens is 2. The molecule has 154 valence electrons. The number of carbonyl (C=O) groups excluding carboxylic acids is 1. The predicted molar refractivity (Wildman–Crippen MR) is 119 cm³/mol. The Balaban J connectivity index is 1.46. The van der Waals surface area contributed by atoms with Crippen molar-refractivity contribution in [2.45, 2.75) is 0 Å². The lowest BCUT2D eigenvalue weighted by atomic mass is 10.0. The lowest BCUT2D eigenvalue weighted by Crippen LogP contribution is -2.49. The third-order valence-electron chi connectivity index (χ3n) is 5.69. The second-order valence-corrected chi connectivity index (χ2v) is 7.56. The number of benzene rings is 3. The molecule has 5 rings (SSSR count). The minimum absolute atomic E-state index is 0.0382. The maximum Gasteiger partial charge on any atom is 0.256 e. The van der Waals surface area contributed by atoms with Gasteiger partial charge in [-0.3, -0.25) is 4.79 Å². The lowest BCUT2D eigenvalue weighted by molar-refractivity contribution is 0.0749. The van der Waals surface area contributed by atoms with E-state index >= 15 is 0 Å². The first-order valence-corrected chi connectivity index (χ1v) is 10.3. The van der Waals surface area contributed by atoms with Crippen LogP contribution >= 0.6 is 0 Å². The van der Waals surface area contributed by atoms with Gasteiger partial charge in [-0.15, -0.1) is 10.2 Å². The molecule has 0 radical (unpaired) electrons. The van der Waals surface area contributed by atoms with Gasteiger partial charge in [0, 0.05) is 42.8 Å². The van der Waals surface area contributed by atoms with Crippen LogP contribution < -0.4 is 4.90 Å². The molecule has 0 aliphatic carbocycles. The van der Waals surface area contributed by atoms with Gasteiger partial charge in [0.1, 0.15) is 11.5 Å². The van der Waals surface area contributed by atoms with Crippen molar-refractivity contribution in [2.75, 3.05) is 31.1 Å². The summed E-state index contributed by atoms with van der Waals surface area (Å²) in [5.41, 5.74) is 3.73. The number of hydrogen-bond donors (Lipinski definition) is 0. The maximum absolute atomic E-state index is 13.7. The minimum Gasteiger partial charge on any atom is -0.368 e. The van der Waals surface area contributed by atoms with Crippen LogP contribution in [0.15, 0.2) is 78.9 Å². The molecule has 1 aliphatic rings. The molecule has 3 aromatic carbocycles. The van der Waals surface area contributed by atoms with Crippen LogP contribution in [0, 0.1) is 5.82 Å². The summed E-state index contributed by atoms with van der Waals surface area (Å²) in [5.74, 6) is -0.285. The van der Waals surface area contributed by atoms with Crippen molar-refractivity contribution in [3.63, 3.8) is 0 Å². The number of piperazine rings is 1. The van der Waals surface area contributed by atoms with Gasteiger partial charge < -0.3 is 9.80 Å². The second kappa shape index (κ2) is 8.14. The van der Waals surface area contributed by atoms with E-state index < -0.39 is 0 Å². The van der Waals surface area contributed by atoms with Crippen LogP contribution in [0.5, 0.6) is 0 Å². The first-order valence-electron chi connectivity index (χ1n) is 10.3. The molecule has 5 nitrogen and oxygen atoms in total. The van der Waals surface area contributed by atoms with Crippen LogP contribution in [0.3, 0.4) is 0 Å². The van der Waals surface area contributed by atoms with Crippen LogP contribution in [0.25, 0.3) is 22.2 Å². The number of nitrogens with zero attached hydrogens (tertiary/aromatic N) is 4. The molecule has 0 bridgehead atoms. The molecular formula is C25H21FN4O. The third kappa shape index (κ3) is 3.72. The summed E-state index contributed by atoms with van der Waals surface area (Å²) in [4.78, 5) is 17.7. The third-order valence-corrected chi connectivity index (χ3v) is 5.69. The fourth-order valence-electron chi connectivity index (χ4n) is 4.05. The molecule has 4 aromatic rings. The van der Waals surface area contributed by atoms with Gasteiger partial charge in [-0.2, -0.15) is 0 Å². The zero-order chi connectivity index (χ0) is 21.2. The summed E-state index contributed by atoms with van der Waals surface area (Å²) in [5, 5.41) is 9.57. The van der Waals surface area contributed by atoms with E-state index in [1.165, 1.54) is 12.1 Å². The summed E-state index contributed by atoms with van der Waals surface area (Å²) < 4.78 is 13.2. The molecule has 1 fully saturated rings. The number of fused-ring (bicyclic) bond motifs is 1. The van der Waals surface area contributed by atoms with Gasteiger partial charge in [-0.05, 0) is 30.3 Å². The molecule has 1 aliphatic heterocycles. The number of halogens is 1. The van der Waals surface area contributed by atoms with Gasteiger partial charge in [-0.1, -0.05) is 48.5 Å². The topological polar surface area (TPSA) is 49.3 Å². The Kier molecular flexibility index (Phi) is 5.04. The van der Waals surface area contributed by atoms with Crippen LogP contribution in [0.4, 0.5) is 10.1 Å². The molecular weight excluding hydrogens is 391 g/mol. The van der Waals surface area contributed by atoms with Crippen molar-refractivity contribution in [1.82, 2.24) is 15.1 Å². The van der Waals surface area contributed by atoms with Gasteiger partial charge >= 0.3 is 0 Å². The molecule has 0 unspecified atom stereocenters. The van der Waals surface area contributed by atoms with E-state index in [4.69, 9.17) is 0 Å². The summed E-state index contributed by atoms with van der Waals surface area (Å²) in [6.07, 6.45) is 0. The van der Waals surface area contributed by atoms with E-state index in [9.17, 15) is 9.18 Å². The van der Waals surface area contributed by atoms with Crippen LogP contribution in [0.1, 0.15) is 10.4 Å². The summed E-state index contributed by atoms with van der Waals surface area (Å²) in [6, 6.07) is 23.8. The Hall–Kier alpha value is -3.80. The molecule has 1 aromatic heterocycles. The minimum atomic E-state index is -0.247. The van der Waals surface area contributed by atoms with Crippen molar-refractivity contribution in [3.8, 4) is 11.3 Å². The lowest BCUT2D eigenvalue weighted by Gasteiger charge is -2.36. The predicted octanol–water partition coefficient (Wildman–Crippen LogP) is 4.40. The monoisotopic (exact) mass is 412 g/mol. The van der Waals surface area contributed by atoms with Crippen molar-refractivity contribution in [3.05, 3.63) is 90.2 Å². The Morgan fingerprint density at radius 1 is 0.774 bits per heavy atom. The number of carbonyl (C=O) groups is 1. The van der Waals surface area contributed by atoms with Crippen molar-refractivity contribution in [1.29, 1.82) is 0 Å². The van der Waals surface area contributed by atoms with E-state index in [0.29, 0.717) is 43.0 Å². The van der Waals surface area contributed by atoms with E-state index in [2.05, 4.69) is 15.1 Å². The molecule has 1 amide bonds. The molecule has 0 atom stereocenters. The van der Waals surface area contributed by atoms with Gasteiger partial charge in [0.25, 0.3) is 5.91 Å². The summed E-state index contributed by atoms with van der Waals surface area (Å²) in [7, 11) is 0. The van der Waals surface area contributed by atoms with Crippen LogP contribution in [-0.2, 0) is 0 Å². The molecule has 6 heteroatoms. The fourth-order valence-corrected chi connectivity index (χ4v) is 4.05. The molecule has 0 N–H and O–H groups in total. The van der Waals surface area contributed by atoms with Crippen LogP contribution in [-0.4, -0.2) is 47.2 Å². The molecule has 1 saturated heterocycles. The Labute approximate surface area is 179 Å². The van der Waals surface area contributed by atoms with Crippen molar-refractivity contribution in [2.24, 2.45) is 0 Å². The van der Waals surface area contributed by atoms with Gasteiger partial charge in [0.2, 0.25) is 0 Å². The van der Waals surface area contributed by atoms with Gasteiger partial charge in [0.05, 0.1) is 11.1 Å². The number of hydrogen-bond acceptors (Lipinski definition) is 4. The highest BCUT2D eigenvalue weighted by atomic mass is 19.1. The van der Waals surface area contributed by atoms with Gasteiger partial charge in [-0.25, -0.2) is 4.39 Å². The normalized spacial score (nSPS) is 14.1. The number of amides is 1. The average Bonchev–Trinajstić information content (AvgIpc) is 2.84. The quantitative estimate of drug-likeness (QED) is 0.501. The zero-order valence-electron chi connectivity index (χ0n) is 16.9. The maximum atomic E-state index is 13.7.